The van der Waals surface area contributed by atoms with Crippen molar-refractivity contribution in [2.75, 3.05) is 26.7 Å². The summed E-state index contributed by atoms with van der Waals surface area (Å²) in [6, 6.07) is 13.1. The number of benzene rings is 1. The lowest BCUT2D eigenvalue weighted by Gasteiger charge is -2.28. The number of thiophene rings is 1. The molecule has 1 aliphatic heterocycles. The number of rotatable bonds is 5. The molecule has 0 unspecified atom stereocenters. The van der Waals surface area contributed by atoms with Crippen LogP contribution in [0, 0.1) is 0 Å². The fourth-order valence-electron chi connectivity index (χ4n) is 2.78. The van der Waals surface area contributed by atoms with E-state index in [1.165, 1.54) is 24.8 Å². The Bertz CT molecular complexity index is 923. The molecule has 8 heteroatoms. The lowest BCUT2D eigenvalue weighted by Crippen LogP contribution is -2.42. The molecule has 2 aromatic rings. The third kappa shape index (κ3) is 4.17. The molecule has 1 aromatic carbocycles. The Hall–Kier alpha value is -1.67. The van der Waals surface area contributed by atoms with Crippen LogP contribution >= 0.6 is 22.9 Å². The smallest absolute Gasteiger partial charge is 0.252 e. The number of carbonyl (C=O) groups is 1. The molecule has 0 fully saturated rings. The van der Waals surface area contributed by atoms with Gasteiger partial charge in [-0.15, -0.1) is 11.3 Å². The van der Waals surface area contributed by atoms with Gasteiger partial charge >= 0.3 is 0 Å². The minimum absolute atomic E-state index is 0.141. The van der Waals surface area contributed by atoms with Crippen molar-refractivity contribution in [3.05, 3.63) is 58.4 Å². The summed E-state index contributed by atoms with van der Waals surface area (Å²) in [6.07, 6.45) is 2.79. The number of halogens is 1. The van der Waals surface area contributed by atoms with E-state index < -0.39 is 10.0 Å². The second kappa shape index (κ2) is 7.92. The molecule has 0 saturated carbocycles. The molecule has 0 saturated heterocycles. The Morgan fingerprint density at radius 1 is 1.23 bits per heavy atom. The average molecular weight is 411 g/mol. The molecule has 2 heterocycles. The first-order valence-electron chi connectivity index (χ1n) is 8.12. The number of sulfonamides is 1. The Kier molecular flexibility index (Phi) is 5.82. The maximum Gasteiger partial charge on any atom is 0.252 e. The Balaban J connectivity index is 1.63. The normalized spacial score (nSPS) is 15.2. The molecule has 5 nitrogen and oxygen atoms in total. The van der Waals surface area contributed by atoms with Gasteiger partial charge in [-0.05, 0) is 29.7 Å². The van der Waals surface area contributed by atoms with Crippen molar-refractivity contribution in [2.45, 2.75) is 10.6 Å². The molecule has 0 aliphatic carbocycles. The van der Waals surface area contributed by atoms with E-state index in [4.69, 9.17) is 11.6 Å². The molecule has 0 spiro atoms. The Morgan fingerprint density at radius 2 is 1.96 bits per heavy atom. The van der Waals surface area contributed by atoms with Crippen molar-refractivity contribution in [3.8, 4) is 0 Å². The SMILES string of the molecule is CN(CC(=O)N1CC=C(c2ccccc2)CC1)S(=O)(=O)c1ccc(Cl)s1. The number of hydrogen-bond acceptors (Lipinski definition) is 4. The zero-order valence-electron chi connectivity index (χ0n) is 14.3. The van der Waals surface area contributed by atoms with Gasteiger partial charge in [0.05, 0.1) is 10.9 Å². The molecular weight excluding hydrogens is 392 g/mol. The molecule has 1 aliphatic rings. The zero-order chi connectivity index (χ0) is 18.7. The van der Waals surface area contributed by atoms with Gasteiger partial charge in [0.25, 0.3) is 10.0 Å². The summed E-state index contributed by atoms with van der Waals surface area (Å²) in [4.78, 5) is 14.2. The average Bonchev–Trinajstić information content (AvgIpc) is 3.09. The first kappa shape index (κ1) is 19.1. The third-order valence-corrected chi connectivity index (χ3v) is 7.78. The number of likely N-dealkylation sites (N-methyl/N-ethyl adjacent to an activating group) is 1. The summed E-state index contributed by atoms with van der Waals surface area (Å²) in [7, 11) is -2.29. The lowest BCUT2D eigenvalue weighted by atomic mass is 9.99. The summed E-state index contributed by atoms with van der Waals surface area (Å²) in [5.74, 6) is -0.206. The first-order valence-corrected chi connectivity index (χ1v) is 10.8. The summed E-state index contributed by atoms with van der Waals surface area (Å²) < 4.78 is 26.6. The van der Waals surface area contributed by atoms with Crippen molar-refractivity contribution >= 4 is 44.4 Å². The van der Waals surface area contributed by atoms with Crippen molar-refractivity contribution < 1.29 is 13.2 Å². The number of carbonyl (C=O) groups excluding carboxylic acids is 1. The van der Waals surface area contributed by atoms with Crippen LogP contribution in [0.25, 0.3) is 5.57 Å². The van der Waals surface area contributed by atoms with E-state index >= 15 is 0 Å². The molecule has 0 atom stereocenters. The van der Waals surface area contributed by atoms with Gasteiger partial charge in [0, 0.05) is 20.1 Å². The summed E-state index contributed by atoms with van der Waals surface area (Å²) in [5.41, 5.74) is 2.37. The van der Waals surface area contributed by atoms with Crippen LogP contribution in [0.1, 0.15) is 12.0 Å². The first-order chi connectivity index (χ1) is 12.4. The minimum Gasteiger partial charge on any atom is -0.337 e. The summed E-state index contributed by atoms with van der Waals surface area (Å²) in [5, 5.41) is 0. The maximum atomic E-state index is 12.5. The molecule has 3 rings (SSSR count). The van der Waals surface area contributed by atoms with Crippen molar-refractivity contribution in [1.82, 2.24) is 9.21 Å². The quantitative estimate of drug-likeness (QED) is 0.759. The second-order valence-electron chi connectivity index (χ2n) is 6.00. The van der Waals surface area contributed by atoms with Crippen molar-refractivity contribution in [3.63, 3.8) is 0 Å². The molecule has 138 valence electrons. The maximum absolute atomic E-state index is 12.5. The van der Waals surface area contributed by atoms with Crippen LogP contribution in [0.4, 0.5) is 0 Å². The highest BCUT2D eigenvalue weighted by molar-refractivity contribution is 7.91. The number of hydrogen-bond donors (Lipinski definition) is 0. The van der Waals surface area contributed by atoms with Gasteiger partial charge in [0.2, 0.25) is 5.91 Å². The molecular formula is C18H19ClN2O3S2. The zero-order valence-corrected chi connectivity index (χ0v) is 16.6. The standard InChI is InChI=1S/C18H19ClN2O3S2/c1-20(26(23,24)18-8-7-16(19)25-18)13-17(22)21-11-9-15(10-12-21)14-5-3-2-4-6-14/h2-9H,10-13H2,1H3. The van der Waals surface area contributed by atoms with Gasteiger partial charge in [-0.25, -0.2) is 8.42 Å². The van der Waals surface area contributed by atoms with E-state index in [9.17, 15) is 13.2 Å². The highest BCUT2D eigenvalue weighted by atomic mass is 35.5. The van der Waals surface area contributed by atoms with Crippen molar-refractivity contribution in [1.29, 1.82) is 0 Å². The van der Waals surface area contributed by atoms with Crippen LogP contribution in [0.15, 0.2) is 52.7 Å². The van der Waals surface area contributed by atoms with Crippen LogP contribution in [-0.4, -0.2) is 50.2 Å². The van der Waals surface area contributed by atoms with Crippen LogP contribution in [-0.2, 0) is 14.8 Å². The summed E-state index contributed by atoms with van der Waals surface area (Å²) in [6.45, 7) is 0.881. The highest BCUT2D eigenvalue weighted by Gasteiger charge is 2.27. The predicted octanol–water partition coefficient (Wildman–Crippen LogP) is 3.34. The van der Waals surface area contributed by atoms with E-state index in [1.54, 1.807) is 4.90 Å². The van der Waals surface area contributed by atoms with Gasteiger partial charge in [-0.2, -0.15) is 4.31 Å². The highest BCUT2D eigenvalue weighted by Crippen LogP contribution is 2.28. The molecule has 1 amide bonds. The van der Waals surface area contributed by atoms with Crippen LogP contribution in [0.2, 0.25) is 4.34 Å². The van der Waals surface area contributed by atoms with Gasteiger partial charge < -0.3 is 4.90 Å². The topological polar surface area (TPSA) is 57.7 Å². The second-order valence-corrected chi connectivity index (χ2v) is 9.99. The van der Waals surface area contributed by atoms with Crippen LogP contribution < -0.4 is 0 Å². The van der Waals surface area contributed by atoms with E-state index in [-0.39, 0.29) is 16.7 Å². The van der Waals surface area contributed by atoms with Crippen molar-refractivity contribution in [2.24, 2.45) is 0 Å². The Morgan fingerprint density at radius 3 is 2.54 bits per heavy atom. The summed E-state index contributed by atoms with van der Waals surface area (Å²) >= 11 is 6.80. The molecule has 1 aromatic heterocycles. The van der Waals surface area contributed by atoms with E-state index in [1.807, 2.05) is 24.3 Å². The number of nitrogens with zero attached hydrogens (tertiary/aromatic N) is 2. The monoisotopic (exact) mass is 410 g/mol. The minimum atomic E-state index is -3.70. The molecule has 0 bridgehead atoms. The van der Waals surface area contributed by atoms with Gasteiger partial charge in [0.15, 0.2) is 0 Å². The predicted molar refractivity (Wildman–Crippen MR) is 105 cm³/mol. The fourth-order valence-corrected chi connectivity index (χ4v) is 5.59. The Labute approximate surface area is 162 Å². The van der Waals surface area contributed by atoms with E-state index in [0.29, 0.717) is 17.4 Å². The van der Waals surface area contributed by atoms with E-state index in [0.717, 1.165) is 27.6 Å². The molecule has 26 heavy (non-hydrogen) atoms. The van der Waals surface area contributed by atoms with E-state index in [2.05, 4.69) is 12.1 Å². The fraction of sp³-hybridized carbons (Fsp3) is 0.278. The van der Waals surface area contributed by atoms with Crippen LogP contribution in [0.5, 0.6) is 0 Å². The molecule has 0 radical (unpaired) electrons. The van der Waals surface area contributed by atoms with Crippen LogP contribution in [0.3, 0.4) is 0 Å². The molecule has 0 N–H and O–H groups in total. The van der Waals surface area contributed by atoms with Gasteiger partial charge in [0.1, 0.15) is 4.21 Å². The number of amides is 1. The third-order valence-electron chi connectivity index (χ3n) is 4.28. The largest absolute Gasteiger partial charge is 0.337 e. The lowest BCUT2D eigenvalue weighted by molar-refractivity contribution is -0.130. The van der Waals surface area contributed by atoms with Gasteiger partial charge in [-0.1, -0.05) is 48.0 Å². The van der Waals surface area contributed by atoms with Gasteiger partial charge in [-0.3, -0.25) is 4.79 Å².